The van der Waals surface area contributed by atoms with Crippen molar-refractivity contribution in [2.75, 3.05) is 0 Å². The highest BCUT2D eigenvalue weighted by Gasteiger charge is 2.19. The van der Waals surface area contributed by atoms with E-state index in [9.17, 15) is 0 Å². The molecule has 0 amide bonds. The maximum Gasteiger partial charge on any atom is 0.137 e. The van der Waals surface area contributed by atoms with Gasteiger partial charge in [-0.3, -0.25) is 4.40 Å². The molecule has 0 spiro atoms. The quantitative estimate of drug-likeness (QED) is 0.351. The van der Waals surface area contributed by atoms with Gasteiger partial charge in [0.15, 0.2) is 0 Å². The van der Waals surface area contributed by atoms with Gasteiger partial charge in [-0.15, -0.1) is 0 Å². The second-order valence-electron chi connectivity index (χ2n) is 8.33. The van der Waals surface area contributed by atoms with E-state index in [0.29, 0.717) is 0 Å². The molecule has 0 atom stereocenters. The molecule has 7 rings (SSSR count). The molecule has 5 nitrogen and oxygen atoms in total. The average Bonchev–Trinajstić information content (AvgIpc) is 3.59. The minimum atomic E-state index is 0.997. The van der Waals surface area contributed by atoms with Crippen LogP contribution in [0.3, 0.4) is 0 Å². The van der Waals surface area contributed by atoms with Gasteiger partial charge < -0.3 is 9.13 Å². The molecule has 32 heavy (non-hydrogen) atoms. The van der Waals surface area contributed by atoms with Gasteiger partial charge in [0.25, 0.3) is 0 Å². The van der Waals surface area contributed by atoms with Gasteiger partial charge in [-0.05, 0) is 41.0 Å². The van der Waals surface area contributed by atoms with E-state index in [2.05, 4.69) is 91.1 Å². The van der Waals surface area contributed by atoms with Crippen molar-refractivity contribution in [2.45, 2.75) is 32.7 Å². The van der Waals surface area contributed by atoms with E-state index in [0.717, 1.165) is 13.0 Å². The number of fused-ring (bicyclic) bond motifs is 8. The third-order valence-electron chi connectivity index (χ3n) is 6.41. The molecule has 6 aromatic rings. The zero-order valence-electron chi connectivity index (χ0n) is 18.1. The van der Waals surface area contributed by atoms with Gasteiger partial charge in [-0.2, -0.15) is 0 Å². The van der Waals surface area contributed by atoms with Crippen LogP contribution in [-0.4, -0.2) is 23.5 Å². The molecular weight excluding hydrogens is 394 g/mol. The number of hydrogen-bond acceptors (Lipinski definition) is 2. The first kappa shape index (κ1) is 18.9. The fourth-order valence-corrected chi connectivity index (χ4v) is 4.83. The van der Waals surface area contributed by atoms with Crippen LogP contribution in [0.5, 0.6) is 0 Å². The molecule has 1 aliphatic heterocycles. The molecule has 5 heteroatoms. The Labute approximate surface area is 186 Å². The molecule has 1 aliphatic rings. The highest BCUT2D eigenvalue weighted by molar-refractivity contribution is 5.89. The van der Waals surface area contributed by atoms with Gasteiger partial charge in [0.2, 0.25) is 0 Å². The molecule has 0 N–H and O–H groups in total. The average molecular weight is 420 g/mol. The molecule has 3 aromatic carbocycles. The van der Waals surface area contributed by atoms with Crippen molar-refractivity contribution in [3.63, 3.8) is 0 Å². The lowest BCUT2D eigenvalue weighted by molar-refractivity contribution is 0.661. The van der Waals surface area contributed by atoms with Gasteiger partial charge in [-0.25, -0.2) is 9.97 Å². The van der Waals surface area contributed by atoms with Crippen LogP contribution in [0.1, 0.15) is 31.0 Å². The Hall–Kier alpha value is -3.86. The lowest BCUT2D eigenvalue weighted by Gasteiger charge is -2.05. The molecule has 0 unspecified atom stereocenters. The first-order valence-electron chi connectivity index (χ1n) is 11.3. The summed E-state index contributed by atoms with van der Waals surface area (Å²) in [6.45, 7) is 3.29. The van der Waals surface area contributed by atoms with Crippen LogP contribution >= 0.6 is 0 Å². The SMILES string of the molecule is CCCCn1c2ccccc2n2cncc12.c1ccc2c3c(ccc2c1)-n1cncc1C3. The number of benzene rings is 3. The summed E-state index contributed by atoms with van der Waals surface area (Å²) >= 11 is 0. The molecular formula is C27H25N5. The van der Waals surface area contributed by atoms with Gasteiger partial charge in [0.1, 0.15) is 12.0 Å². The van der Waals surface area contributed by atoms with Crippen molar-refractivity contribution in [1.82, 2.24) is 23.5 Å². The minimum absolute atomic E-state index is 0.997. The third-order valence-corrected chi connectivity index (χ3v) is 6.41. The number of nitrogens with zero attached hydrogens (tertiary/aromatic N) is 5. The Morgan fingerprint density at radius 1 is 0.844 bits per heavy atom. The number of unbranched alkanes of at least 4 members (excludes halogenated alkanes) is 1. The summed E-state index contributed by atoms with van der Waals surface area (Å²) in [7, 11) is 0. The zero-order chi connectivity index (χ0) is 21.5. The van der Waals surface area contributed by atoms with Crippen LogP contribution in [0.25, 0.3) is 33.1 Å². The normalized spacial score (nSPS) is 12.2. The molecule has 0 saturated heterocycles. The molecule has 0 bridgehead atoms. The molecule has 0 saturated carbocycles. The predicted octanol–water partition coefficient (Wildman–Crippen LogP) is 6.02. The van der Waals surface area contributed by atoms with E-state index in [-0.39, 0.29) is 0 Å². The van der Waals surface area contributed by atoms with Crippen LogP contribution in [0, 0.1) is 0 Å². The fraction of sp³-hybridized carbons (Fsp3) is 0.185. The first-order chi connectivity index (χ1) is 15.8. The second kappa shape index (κ2) is 7.68. The summed E-state index contributed by atoms with van der Waals surface area (Å²) in [5.41, 5.74) is 7.72. The van der Waals surface area contributed by atoms with Crippen LogP contribution in [0.15, 0.2) is 85.7 Å². The summed E-state index contributed by atoms with van der Waals surface area (Å²) < 4.78 is 6.69. The monoisotopic (exact) mass is 419 g/mol. The van der Waals surface area contributed by atoms with Crippen LogP contribution in [0.2, 0.25) is 0 Å². The number of para-hydroxylation sites is 2. The van der Waals surface area contributed by atoms with E-state index in [1.165, 1.54) is 57.2 Å². The van der Waals surface area contributed by atoms with Crippen molar-refractivity contribution in [3.05, 3.63) is 97.0 Å². The van der Waals surface area contributed by atoms with Gasteiger partial charge >= 0.3 is 0 Å². The van der Waals surface area contributed by atoms with Crippen LogP contribution in [0.4, 0.5) is 0 Å². The van der Waals surface area contributed by atoms with E-state index in [4.69, 9.17) is 0 Å². The fourth-order valence-electron chi connectivity index (χ4n) is 4.83. The summed E-state index contributed by atoms with van der Waals surface area (Å²) in [5.74, 6) is 0. The van der Waals surface area contributed by atoms with Crippen molar-refractivity contribution in [2.24, 2.45) is 0 Å². The van der Waals surface area contributed by atoms with Crippen molar-refractivity contribution < 1.29 is 0 Å². The van der Waals surface area contributed by atoms with Crippen LogP contribution < -0.4 is 0 Å². The number of rotatable bonds is 3. The summed E-state index contributed by atoms with van der Waals surface area (Å²) in [6, 6.07) is 21.4. The van der Waals surface area contributed by atoms with E-state index < -0.39 is 0 Å². The van der Waals surface area contributed by atoms with Gasteiger partial charge in [0, 0.05) is 24.9 Å². The second-order valence-corrected chi connectivity index (χ2v) is 8.33. The van der Waals surface area contributed by atoms with Crippen molar-refractivity contribution >= 4 is 27.5 Å². The largest absolute Gasteiger partial charge is 0.324 e. The highest BCUT2D eigenvalue weighted by Crippen LogP contribution is 2.33. The minimum Gasteiger partial charge on any atom is -0.324 e. The van der Waals surface area contributed by atoms with E-state index >= 15 is 0 Å². The van der Waals surface area contributed by atoms with E-state index in [1.54, 1.807) is 0 Å². The maximum absolute atomic E-state index is 4.22. The molecule has 0 aliphatic carbocycles. The van der Waals surface area contributed by atoms with Gasteiger partial charge in [0.05, 0.1) is 29.2 Å². The predicted molar refractivity (Wildman–Crippen MR) is 129 cm³/mol. The molecule has 158 valence electrons. The lowest BCUT2D eigenvalue weighted by atomic mass is 10.0. The zero-order valence-corrected chi connectivity index (χ0v) is 18.1. The standard InChI is InChI=1S/C14H10N2.C13H15N3/c1-2-4-12-10(3-1)5-6-14-13(12)7-11-8-15-9-16(11)14;1-2-3-8-15-11-6-4-5-7-12(11)16-10-14-9-13(15)16/h1-6,8-9H,7H2;4-7,9-10H,2-3,8H2,1H3. The Morgan fingerprint density at radius 2 is 1.66 bits per heavy atom. The number of aromatic nitrogens is 5. The van der Waals surface area contributed by atoms with Crippen molar-refractivity contribution in [3.8, 4) is 5.69 Å². The third kappa shape index (κ3) is 2.93. The van der Waals surface area contributed by atoms with Gasteiger partial charge in [-0.1, -0.05) is 55.8 Å². The summed E-state index contributed by atoms with van der Waals surface area (Å²) in [6.07, 6.45) is 11.1. The number of aryl methyl sites for hydroxylation is 1. The Balaban J connectivity index is 0.000000122. The number of imidazole rings is 3. The highest BCUT2D eigenvalue weighted by atomic mass is 15.2. The maximum atomic E-state index is 4.22. The smallest absolute Gasteiger partial charge is 0.137 e. The first-order valence-corrected chi connectivity index (χ1v) is 11.3. The molecule has 3 aromatic heterocycles. The van der Waals surface area contributed by atoms with Crippen LogP contribution in [-0.2, 0) is 13.0 Å². The summed E-state index contributed by atoms with van der Waals surface area (Å²) in [5, 5.41) is 2.68. The lowest BCUT2D eigenvalue weighted by Crippen LogP contribution is -1.96. The molecule has 4 heterocycles. The molecule has 0 fully saturated rings. The number of hydrogen-bond donors (Lipinski definition) is 0. The van der Waals surface area contributed by atoms with Crippen molar-refractivity contribution in [1.29, 1.82) is 0 Å². The summed E-state index contributed by atoms with van der Waals surface area (Å²) in [4.78, 5) is 8.41. The Kier molecular flexibility index (Phi) is 4.53. The van der Waals surface area contributed by atoms with E-state index in [1.807, 2.05) is 25.0 Å². The Bertz CT molecular complexity index is 1550. The topological polar surface area (TPSA) is 40.0 Å². The molecule has 0 radical (unpaired) electrons. The Morgan fingerprint density at radius 3 is 2.56 bits per heavy atom.